The summed E-state index contributed by atoms with van der Waals surface area (Å²) in [5, 5.41) is 7.05. The number of H-pyrrole nitrogens is 1. The Bertz CT molecular complexity index is 540. The Labute approximate surface area is 95.9 Å². The van der Waals surface area contributed by atoms with Gasteiger partial charge in [-0.05, 0) is 37.1 Å². The van der Waals surface area contributed by atoms with E-state index < -0.39 is 0 Å². The SMILES string of the molecule is O=c1[nH]nc(-c2ccc(OC3CC3)cc2)s1. The molecule has 1 aliphatic carbocycles. The highest BCUT2D eigenvalue weighted by Crippen LogP contribution is 2.28. The van der Waals surface area contributed by atoms with Crippen LogP contribution in [0.25, 0.3) is 10.6 Å². The summed E-state index contributed by atoms with van der Waals surface area (Å²) in [6.07, 6.45) is 2.72. The minimum absolute atomic E-state index is 0.131. The number of benzene rings is 1. The Morgan fingerprint density at radius 1 is 1.31 bits per heavy atom. The number of nitrogens with zero attached hydrogens (tertiary/aromatic N) is 1. The Morgan fingerprint density at radius 2 is 2.06 bits per heavy atom. The normalized spacial score (nSPS) is 15.0. The lowest BCUT2D eigenvalue weighted by atomic mass is 10.2. The molecule has 1 saturated carbocycles. The van der Waals surface area contributed by atoms with Gasteiger partial charge in [0.2, 0.25) is 0 Å². The van der Waals surface area contributed by atoms with E-state index in [1.54, 1.807) is 0 Å². The summed E-state index contributed by atoms with van der Waals surface area (Å²) in [6.45, 7) is 0. The number of hydrogen-bond donors (Lipinski definition) is 1. The number of rotatable bonds is 3. The van der Waals surface area contributed by atoms with Crippen molar-refractivity contribution in [3.63, 3.8) is 0 Å². The van der Waals surface area contributed by atoms with Crippen LogP contribution in [-0.4, -0.2) is 16.3 Å². The molecule has 2 aromatic rings. The number of aromatic amines is 1. The van der Waals surface area contributed by atoms with Gasteiger partial charge in [0.05, 0.1) is 6.10 Å². The lowest BCUT2D eigenvalue weighted by molar-refractivity contribution is 0.303. The molecule has 0 atom stereocenters. The summed E-state index contributed by atoms with van der Waals surface area (Å²) in [7, 11) is 0. The molecule has 5 heteroatoms. The summed E-state index contributed by atoms with van der Waals surface area (Å²) in [4.78, 5) is 10.8. The zero-order valence-electron chi connectivity index (χ0n) is 8.47. The molecule has 1 aliphatic rings. The first-order chi connectivity index (χ1) is 7.81. The van der Waals surface area contributed by atoms with E-state index in [4.69, 9.17) is 4.74 Å². The van der Waals surface area contributed by atoms with Gasteiger partial charge in [-0.1, -0.05) is 11.3 Å². The van der Waals surface area contributed by atoms with Crippen LogP contribution in [0.4, 0.5) is 0 Å². The van der Waals surface area contributed by atoms with E-state index in [1.165, 1.54) is 0 Å². The van der Waals surface area contributed by atoms with Crippen molar-refractivity contribution in [1.82, 2.24) is 10.2 Å². The fraction of sp³-hybridized carbons (Fsp3) is 0.273. The van der Waals surface area contributed by atoms with Gasteiger partial charge >= 0.3 is 4.87 Å². The van der Waals surface area contributed by atoms with Gasteiger partial charge in [0.1, 0.15) is 10.8 Å². The van der Waals surface area contributed by atoms with E-state index in [0.717, 1.165) is 35.5 Å². The number of aromatic nitrogens is 2. The highest BCUT2D eigenvalue weighted by atomic mass is 32.1. The molecule has 0 aliphatic heterocycles. The third-order valence-electron chi connectivity index (χ3n) is 2.37. The smallest absolute Gasteiger partial charge is 0.322 e. The van der Waals surface area contributed by atoms with Crippen LogP contribution < -0.4 is 9.61 Å². The van der Waals surface area contributed by atoms with E-state index >= 15 is 0 Å². The molecule has 0 saturated heterocycles. The topological polar surface area (TPSA) is 55.0 Å². The van der Waals surface area contributed by atoms with Gasteiger partial charge in [0.15, 0.2) is 0 Å². The van der Waals surface area contributed by atoms with Gasteiger partial charge in [-0.25, -0.2) is 5.10 Å². The Kier molecular flexibility index (Phi) is 2.25. The Morgan fingerprint density at radius 3 is 2.62 bits per heavy atom. The van der Waals surface area contributed by atoms with Crippen LogP contribution in [0.3, 0.4) is 0 Å². The van der Waals surface area contributed by atoms with Gasteiger partial charge in [-0.15, -0.1) is 0 Å². The molecule has 0 amide bonds. The molecule has 1 aromatic heterocycles. The van der Waals surface area contributed by atoms with E-state index in [2.05, 4.69) is 10.2 Å². The number of nitrogens with one attached hydrogen (secondary N) is 1. The fourth-order valence-corrected chi connectivity index (χ4v) is 2.02. The average molecular weight is 234 g/mol. The molecular weight excluding hydrogens is 224 g/mol. The van der Waals surface area contributed by atoms with E-state index in [9.17, 15) is 4.79 Å². The van der Waals surface area contributed by atoms with Crippen molar-refractivity contribution >= 4 is 11.3 Å². The van der Waals surface area contributed by atoms with Crippen molar-refractivity contribution < 1.29 is 4.74 Å². The minimum Gasteiger partial charge on any atom is -0.490 e. The van der Waals surface area contributed by atoms with Crippen LogP contribution in [0, 0.1) is 0 Å². The zero-order chi connectivity index (χ0) is 11.0. The second-order valence-corrected chi connectivity index (χ2v) is 4.72. The summed E-state index contributed by atoms with van der Waals surface area (Å²) >= 11 is 1.11. The van der Waals surface area contributed by atoms with Crippen molar-refractivity contribution in [2.45, 2.75) is 18.9 Å². The molecular formula is C11H10N2O2S. The molecule has 3 rings (SSSR count). The van der Waals surface area contributed by atoms with Gasteiger partial charge in [-0.2, -0.15) is 5.10 Å². The second kappa shape index (κ2) is 3.75. The monoisotopic (exact) mass is 234 g/mol. The molecule has 1 heterocycles. The standard InChI is InChI=1S/C11H10N2O2S/c14-11-13-12-10(16-11)7-1-3-8(4-2-7)15-9-5-6-9/h1-4,9H,5-6H2,(H,13,14). The first-order valence-corrected chi connectivity index (χ1v) is 5.95. The average Bonchev–Trinajstić information content (AvgIpc) is 3.00. The second-order valence-electron chi connectivity index (χ2n) is 3.76. The summed E-state index contributed by atoms with van der Waals surface area (Å²) in [5.41, 5.74) is 0.937. The van der Waals surface area contributed by atoms with Crippen LogP contribution in [0.1, 0.15) is 12.8 Å². The zero-order valence-corrected chi connectivity index (χ0v) is 9.29. The molecule has 4 nitrogen and oxygen atoms in total. The van der Waals surface area contributed by atoms with Crippen LogP contribution in [0.2, 0.25) is 0 Å². The molecule has 16 heavy (non-hydrogen) atoms. The quantitative estimate of drug-likeness (QED) is 0.884. The third kappa shape index (κ3) is 1.99. The molecule has 0 radical (unpaired) electrons. The van der Waals surface area contributed by atoms with Crippen LogP contribution in [0.15, 0.2) is 29.1 Å². The maximum Gasteiger partial charge on any atom is 0.322 e. The molecule has 0 unspecified atom stereocenters. The van der Waals surface area contributed by atoms with Crippen molar-refractivity contribution in [2.75, 3.05) is 0 Å². The van der Waals surface area contributed by atoms with Gasteiger partial charge in [-0.3, -0.25) is 4.79 Å². The lowest BCUT2D eigenvalue weighted by Crippen LogP contribution is -1.95. The fourth-order valence-electron chi connectivity index (χ4n) is 1.41. The Hall–Kier alpha value is -1.62. The summed E-state index contributed by atoms with van der Waals surface area (Å²) in [6, 6.07) is 7.67. The molecule has 1 N–H and O–H groups in total. The van der Waals surface area contributed by atoms with E-state index in [-0.39, 0.29) is 4.87 Å². The molecule has 0 bridgehead atoms. The van der Waals surface area contributed by atoms with E-state index in [1.807, 2.05) is 24.3 Å². The van der Waals surface area contributed by atoms with Crippen LogP contribution >= 0.6 is 11.3 Å². The summed E-state index contributed by atoms with van der Waals surface area (Å²) < 4.78 is 5.63. The number of hydrogen-bond acceptors (Lipinski definition) is 4. The molecule has 0 spiro atoms. The highest BCUT2D eigenvalue weighted by Gasteiger charge is 2.23. The first kappa shape index (κ1) is 9.59. The largest absolute Gasteiger partial charge is 0.490 e. The van der Waals surface area contributed by atoms with Crippen molar-refractivity contribution in [3.05, 3.63) is 33.9 Å². The minimum atomic E-state index is -0.131. The third-order valence-corrected chi connectivity index (χ3v) is 3.16. The highest BCUT2D eigenvalue weighted by molar-refractivity contribution is 7.12. The number of ether oxygens (including phenoxy) is 1. The predicted octanol–water partition coefficient (Wildman–Crippen LogP) is 2.04. The van der Waals surface area contributed by atoms with Gasteiger partial charge in [0, 0.05) is 5.56 Å². The van der Waals surface area contributed by atoms with Crippen molar-refractivity contribution in [1.29, 1.82) is 0 Å². The molecule has 82 valence electrons. The van der Waals surface area contributed by atoms with Crippen LogP contribution in [0.5, 0.6) is 5.75 Å². The maximum absolute atomic E-state index is 11.0. The lowest BCUT2D eigenvalue weighted by Gasteiger charge is -2.03. The Balaban J connectivity index is 1.83. The summed E-state index contributed by atoms with van der Waals surface area (Å²) in [5.74, 6) is 0.883. The van der Waals surface area contributed by atoms with E-state index in [0.29, 0.717) is 11.1 Å². The maximum atomic E-state index is 11.0. The molecule has 1 fully saturated rings. The van der Waals surface area contributed by atoms with Crippen molar-refractivity contribution in [3.8, 4) is 16.3 Å². The van der Waals surface area contributed by atoms with Crippen LogP contribution in [-0.2, 0) is 0 Å². The predicted molar refractivity (Wildman–Crippen MR) is 61.8 cm³/mol. The van der Waals surface area contributed by atoms with Crippen molar-refractivity contribution in [2.24, 2.45) is 0 Å². The molecule has 1 aromatic carbocycles. The van der Waals surface area contributed by atoms with Gasteiger partial charge in [0.25, 0.3) is 0 Å². The first-order valence-electron chi connectivity index (χ1n) is 5.14. The van der Waals surface area contributed by atoms with Gasteiger partial charge < -0.3 is 4.74 Å².